The Kier molecular flexibility index (Phi) is 7.68. The molecule has 2 aromatic carbocycles. The lowest BCUT2D eigenvalue weighted by Gasteiger charge is -2.47. The molecule has 37 heavy (non-hydrogen) atoms. The van der Waals surface area contributed by atoms with E-state index in [4.69, 9.17) is 14.2 Å². The SMILES string of the molecule is CC(C)CC(=O)OCOC(C(=O)OC1CC2CCC(C1)[N+]21CCCC1)(c1ccccc1)c1ccccc1. The van der Waals surface area contributed by atoms with Gasteiger partial charge in [0, 0.05) is 44.9 Å². The molecule has 5 rings (SSSR count). The number of hydrogen-bond acceptors (Lipinski definition) is 5. The normalized spacial score (nSPS) is 24.4. The average molecular weight is 507 g/mol. The van der Waals surface area contributed by atoms with E-state index >= 15 is 0 Å². The minimum absolute atomic E-state index is 0.131. The van der Waals surface area contributed by atoms with Crippen LogP contribution < -0.4 is 0 Å². The summed E-state index contributed by atoms with van der Waals surface area (Å²) in [7, 11) is 0. The van der Waals surface area contributed by atoms with Gasteiger partial charge in [0.05, 0.1) is 25.2 Å². The third kappa shape index (κ3) is 5.06. The highest BCUT2D eigenvalue weighted by Gasteiger charge is 2.56. The molecule has 3 heterocycles. The fraction of sp³-hybridized carbons (Fsp3) is 0.548. The van der Waals surface area contributed by atoms with Crippen molar-refractivity contribution >= 4 is 11.9 Å². The van der Waals surface area contributed by atoms with E-state index < -0.39 is 11.6 Å². The van der Waals surface area contributed by atoms with Crippen LogP contribution in [0.1, 0.15) is 69.9 Å². The van der Waals surface area contributed by atoms with Gasteiger partial charge < -0.3 is 18.7 Å². The smallest absolute Gasteiger partial charge is 0.348 e. The largest absolute Gasteiger partial charge is 0.459 e. The molecule has 3 aliphatic heterocycles. The van der Waals surface area contributed by atoms with E-state index in [1.807, 2.05) is 74.5 Å². The molecule has 6 heteroatoms. The number of quaternary nitrogens is 1. The molecule has 2 aromatic rings. The number of rotatable bonds is 9. The third-order valence-electron chi connectivity index (χ3n) is 8.75. The van der Waals surface area contributed by atoms with Crippen LogP contribution in [-0.2, 0) is 29.4 Å². The zero-order valence-corrected chi connectivity index (χ0v) is 22.1. The van der Waals surface area contributed by atoms with Crippen LogP contribution in [0.2, 0.25) is 0 Å². The summed E-state index contributed by atoms with van der Waals surface area (Å²) in [5, 5.41) is 0. The topological polar surface area (TPSA) is 61.8 Å². The first-order valence-electron chi connectivity index (χ1n) is 13.9. The van der Waals surface area contributed by atoms with E-state index in [1.165, 1.54) is 43.3 Å². The fourth-order valence-corrected chi connectivity index (χ4v) is 7.09. The maximum atomic E-state index is 14.2. The third-order valence-corrected chi connectivity index (χ3v) is 8.75. The van der Waals surface area contributed by atoms with Gasteiger partial charge in [0.2, 0.25) is 5.60 Å². The van der Waals surface area contributed by atoms with Gasteiger partial charge in [0.1, 0.15) is 6.10 Å². The van der Waals surface area contributed by atoms with Crippen LogP contribution in [0.15, 0.2) is 60.7 Å². The second kappa shape index (κ2) is 11.0. The molecule has 6 nitrogen and oxygen atoms in total. The minimum atomic E-state index is -1.53. The zero-order chi connectivity index (χ0) is 25.9. The van der Waals surface area contributed by atoms with E-state index in [-0.39, 0.29) is 24.8 Å². The predicted octanol–water partition coefficient (Wildman–Crippen LogP) is 5.34. The van der Waals surface area contributed by atoms with Crippen molar-refractivity contribution < 1.29 is 28.3 Å². The highest BCUT2D eigenvalue weighted by atomic mass is 16.7. The van der Waals surface area contributed by atoms with Gasteiger partial charge in [-0.05, 0) is 17.0 Å². The lowest BCUT2D eigenvalue weighted by molar-refractivity contribution is -0.956. The monoisotopic (exact) mass is 506 g/mol. The van der Waals surface area contributed by atoms with Crippen molar-refractivity contribution in [3.8, 4) is 0 Å². The number of carbonyl (C=O) groups excluding carboxylic acids is 2. The fourth-order valence-electron chi connectivity index (χ4n) is 7.09. The second-order valence-corrected chi connectivity index (χ2v) is 11.4. The molecule has 0 aromatic heterocycles. The van der Waals surface area contributed by atoms with Crippen LogP contribution in [0.25, 0.3) is 0 Å². The Bertz CT molecular complexity index is 1010. The van der Waals surface area contributed by atoms with Crippen LogP contribution in [0, 0.1) is 5.92 Å². The van der Waals surface area contributed by atoms with Crippen molar-refractivity contribution in [2.45, 2.75) is 82.6 Å². The minimum Gasteiger partial charge on any atom is -0.459 e. The van der Waals surface area contributed by atoms with Crippen molar-refractivity contribution in [1.82, 2.24) is 0 Å². The Morgan fingerprint density at radius 2 is 1.43 bits per heavy atom. The van der Waals surface area contributed by atoms with E-state index in [0.717, 1.165) is 12.8 Å². The van der Waals surface area contributed by atoms with Gasteiger partial charge in [-0.3, -0.25) is 4.79 Å². The number of esters is 2. The molecule has 0 amide bonds. The number of nitrogens with zero attached hydrogens (tertiary/aromatic N) is 1. The molecule has 1 spiro atoms. The van der Waals surface area contributed by atoms with Crippen LogP contribution in [0.4, 0.5) is 0 Å². The number of piperidine rings is 1. The molecule has 0 radical (unpaired) electrons. The molecule has 0 aliphatic carbocycles. The quantitative estimate of drug-likeness (QED) is 0.261. The Labute approximate surface area is 220 Å². The van der Waals surface area contributed by atoms with Crippen LogP contribution in [0.5, 0.6) is 0 Å². The van der Waals surface area contributed by atoms with Crippen LogP contribution in [0.3, 0.4) is 0 Å². The van der Waals surface area contributed by atoms with E-state index in [2.05, 4.69) is 0 Å². The lowest BCUT2D eigenvalue weighted by Crippen LogP contribution is -2.60. The summed E-state index contributed by atoms with van der Waals surface area (Å²) >= 11 is 0. The van der Waals surface area contributed by atoms with E-state index in [0.29, 0.717) is 29.6 Å². The summed E-state index contributed by atoms with van der Waals surface area (Å²) in [6, 6.07) is 20.0. The standard InChI is InChI=1S/C31H40NO5/c1-23(2)19-29(33)35-22-36-31(24-11-5-3-6-12-24,25-13-7-4-8-14-25)30(34)37-28-20-26-15-16-27(21-28)32(26)17-9-10-18-32/h3-8,11-14,23,26-28H,9-10,15-22H2,1-2H3/q+1. The first-order valence-corrected chi connectivity index (χ1v) is 13.9. The second-order valence-electron chi connectivity index (χ2n) is 11.4. The van der Waals surface area contributed by atoms with Gasteiger partial charge in [-0.2, -0.15) is 0 Å². The van der Waals surface area contributed by atoms with Crippen molar-refractivity contribution in [3.63, 3.8) is 0 Å². The average Bonchev–Trinajstić information content (AvgIpc) is 3.44. The maximum absolute atomic E-state index is 14.2. The van der Waals surface area contributed by atoms with Crippen molar-refractivity contribution in [3.05, 3.63) is 71.8 Å². The summed E-state index contributed by atoms with van der Waals surface area (Å²) in [6.07, 6.45) is 7.05. The highest BCUT2D eigenvalue weighted by Crippen LogP contribution is 2.47. The number of ether oxygens (including phenoxy) is 3. The van der Waals surface area contributed by atoms with Gasteiger partial charge in [0.25, 0.3) is 0 Å². The lowest BCUT2D eigenvalue weighted by atomic mass is 9.85. The summed E-state index contributed by atoms with van der Waals surface area (Å²) in [5.74, 6) is -0.611. The Morgan fingerprint density at radius 1 is 0.892 bits per heavy atom. The Hall–Kier alpha value is -2.70. The van der Waals surface area contributed by atoms with Crippen molar-refractivity contribution in [2.75, 3.05) is 19.9 Å². The first-order chi connectivity index (χ1) is 17.9. The molecule has 3 saturated heterocycles. The van der Waals surface area contributed by atoms with Gasteiger partial charge in [-0.1, -0.05) is 74.5 Å². The highest BCUT2D eigenvalue weighted by molar-refractivity contribution is 5.86. The number of carbonyl (C=O) groups is 2. The van der Waals surface area contributed by atoms with Crippen molar-refractivity contribution in [1.29, 1.82) is 0 Å². The molecule has 2 unspecified atom stereocenters. The molecule has 3 aliphatic rings. The summed E-state index contributed by atoms with van der Waals surface area (Å²) in [5.41, 5.74) is -0.210. The molecule has 0 saturated carbocycles. The molecule has 2 atom stereocenters. The summed E-state index contributed by atoms with van der Waals surface area (Å²) in [6.45, 7) is 6.14. The summed E-state index contributed by atoms with van der Waals surface area (Å²) in [4.78, 5) is 26.5. The van der Waals surface area contributed by atoms with Gasteiger partial charge in [0.15, 0.2) is 6.79 Å². The molecular weight excluding hydrogens is 466 g/mol. The Balaban J connectivity index is 1.41. The molecule has 0 N–H and O–H groups in total. The first kappa shape index (κ1) is 25.9. The van der Waals surface area contributed by atoms with Gasteiger partial charge in [-0.25, -0.2) is 4.79 Å². The molecule has 3 fully saturated rings. The summed E-state index contributed by atoms with van der Waals surface area (Å²) < 4.78 is 19.3. The predicted molar refractivity (Wildman–Crippen MR) is 140 cm³/mol. The zero-order valence-electron chi connectivity index (χ0n) is 22.1. The van der Waals surface area contributed by atoms with E-state index in [1.54, 1.807) is 0 Å². The van der Waals surface area contributed by atoms with E-state index in [9.17, 15) is 9.59 Å². The van der Waals surface area contributed by atoms with Crippen LogP contribution >= 0.6 is 0 Å². The van der Waals surface area contributed by atoms with Crippen molar-refractivity contribution in [2.24, 2.45) is 5.92 Å². The number of hydrogen-bond donors (Lipinski definition) is 0. The van der Waals surface area contributed by atoms with Gasteiger partial charge in [-0.15, -0.1) is 0 Å². The maximum Gasteiger partial charge on any atom is 0.348 e. The van der Waals surface area contributed by atoms with Gasteiger partial charge >= 0.3 is 11.9 Å². The van der Waals surface area contributed by atoms with Crippen LogP contribution in [-0.4, -0.2) is 54.5 Å². The molecule has 2 bridgehead atoms. The molecular formula is C31H40NO5+. The number of benzene rings is 2. The Morgan fingerprint density at radius 3 is 1.95 bits per heavy atom. The molecule has 198 valence electrons.